The maximum Gasteiger partial charge on any atom is 0.204 e. The van der Waals surface area contributed by atoms with Gasteiger partial charge < -0.3 is 0 Å². The van der Waals surface area contributed by atoms with Gasteiger partial charge in [0.05, 0.1) is 27.3 Å². The van der Waals surface area contributed by atoms with E-state index in [1.165, 1.54) is 10.4 Å². The summed E-state index contributed by atoms with van der Waals surface area (Å²) in [6.07, 6.45) is 0. The van der Waals surface area contributed by atoms with Gasteiger partial charge in [-0.15, -0.1) is 10.2 Å². The predicted molar refractivity (Wildman–Crippen MR) is 95.7 cm³/mol. The smallest absolute Gasteiger partial charge is 0.204 e. The third-order valence-electron chi connectivity index (χ3n) is 3.38. The summed E-state index contributed by atoms with van der Waals surface area (Å²) in [5.74, 6) is 0.866. The summed E-state index contributed by atoms with van der Waals surface area (Å²) in [5.41, 5.74) is 2.06. The maximum atomic E-state index is 12.4. The van der Waals surface area contributed by atoms with E-state index in [4.69, 9.17) is 23.2 Å². The van der Waals surface area contributed by atoms with Crippen LogP contribution in [0.5, 0.6) is 0 Å². The van der Waals surface area contributed by atoms with Crippen LogP contribution in [0.25, 0.3) is 11.4 Å². The van der Waals surface area contributed by atoms with Gasteiger partial charge >= 0.3 is 0 Å². The Balaban J connectivity index is 1.68. The number of tetrazole rings is 1. The number of aromatic nitrogens is 4. The van der Waals surface area contributed by atoms with Crippen LogP contribution in [0, 0.1) is 6.92 Å². The molecule has 1 heterocycles. The van der Waals surface area contributed by atoms with Crippen molar-refractivity contribution in [3.05, 3.63) is 58.1 Å². The fraction of sp³-hybridized carbons (Fsp3) is 0.188. The monoisotopic (exact) mass is 380 g/mol. The molecular weight excluding hydrogens is 367 g/mol. The lowest BCUT2D eigenvalue weighted by atomic mass is 10.1. The number of hydrogen-bond donors (Lipinski definition) is 0. The van der Waals surface area contributed by atoms with Crippen molar-refractivity contribution in [2.24, 2.45) is 0 Å². The first kappa shape index (κ1) is 17.1. The van der Waals surface area contributed by atoms with Crippen LogP contribution in [0.4, 0.5) is 0 Å². The van der Waals surface area contributed by atoms with E-state index < -0.39 is 10.8 Å². The fourth-order valence-corrected chi connectivity index (χ4v) is 3.79. The van der Waals surface area contributed by atoms with E-state index in [1.54, 1.807) is 18.2 Å². The first-order valence-corrected chi connectivity index (χ1v) is 9.29. The molecule has 0 fully saturated rings. The maximum absolute atomic E-state index is 12.4. The van der Waals surface area contributed by atoms with Crippen molar-refractivity contribution in [2.75, 3.05) is 5.75 Å². The van der Waals surface area contributed by atoms with Crippen LogP contribution in [-0.2, 0) is 17.3 Å². The van der Waals surface area contributed by atoms with Crippen molar-refractivity contribution < 1.29 is 4.21 Å². The summed E-state index contributed by atoms with van der Waals surface area (Å²) in [4.78, 5) is 1.95. The third kappa shape index (κ3) is 4.01. The second-order valence-corrected chi connectivity index (χ2v) is 7.58. The van der Waals surface area contributed by atoms with Crippen molar-refractivity contribution in [2.45, 2.75) is 18.4 Å². The van der Waals surface area contributed by atoms with Crippen LogP contribution in [-0.4, -0.2) is 30.2 Å². The number of rotatable bonds is 5. The van der Waals surface area contributed by atoms with Crippen LogP contribution < -0.4 is 0 Å². The third-order valence-corrected chi connectivity index (χ3v) is 5.44. The zero-order valence-electron chi connectivity index (χ0n) is 12.8. The molecule has 0 N–H and O–H groups in total. The molecule has 0 spiro atoms. The molecule has 8 heteroatoms. The first-order valence-electron chi connectivity index (χ1n) is 7.21. The Morgan fingerprint density at radius 1 is 1.12 bits per heavy atom. The average Bonchev–Trinajstić information content (AvgIpc) is 3.04. The molecule has 124 valence electrons. The van der Waals surface area contributed by atoms with E-state index in [0.29, 0.717) is 33.1 Å². The first-order chi connectivity index (χ1) is 11.5. The van der Waals surface area contributed by atoms with E-state index in [9.17, 15) is 4.21 Å². The summed E-state index contributed by atoms with van der Waals surface area (Å²) < 4.78 is 12.4. The molecule has 1 unspecified atom stereocenters. The largest absolute Gasteiger partial charge is 0.254 e. The summed E-state index contributed by atoms with van der Waals surface area (Å²) in [6, 6.07) is 12.8. The molecule has 0 amide bonds. The molecule has 0 bridgehead atoms. The van der Waals surface area contributed by atoms with Gasteiger partial charge in [0.2, 0.25) is 5.82 Å². The van der Waals surface area contributed by atoms with Gasteiger partial charge in [-0.25, -0.2) is 0 Å². The molecule has 0 saturated carbocycles. The Bertz CT molecular complexity index is 880. The highest BCUT2D eigenvalue weighted by Gasteiger charge is 2.11. The Hall–Kier alpha value is -1.76. The van der Waals surface area contributed by atoms with Crippen molar-refractivity contribution in [3.8, 4) is 11.4 Å². The van der Waals surface area contributed by atoms with Gasteiger partial charge in [0.1, 0.15) is 0 Å². The molecule has 0 saturated heterocycles. The highest BCUT2D eigenvalue weighted by molar-refractivity contribution is 7.85. The Labute approximate surface area is 152 Å². The van der Waals surface area contributed by atoms with Gasteiger partial charge in [-0.2, -0.15) is 4.80 Å². The predicted octanol–water partition coefficient (Wildman–Crippen LogP) is 3.76. The molecule has 5 nitrogen and oxygen atoms in total. The van der Waals surface area contributed by atoms with Gasteiger partial charge in [-0.05, 0) is 30.3 Å². The molecule has 3 rings (SSSR count). The lowest BCUT2D eigenvalue weighted by Gasteiger charge is -2.04. The van der Waals surface area contributed by atoms with E-state index in [0.717, 1.165) is 5.56 Å². The van der Waals surface area contributed by atoms with Crippen molar-refractivity contribution >= 4 is 34.0 Å². The lowest BCUT2D eigenvalue weighted by Crippen LogP contribution is -2.11. The van der Waals surface area contributed by atoms with Gasteiger partial charge in [-0.3, -0.25) is 4.21 Å². The SMILES string of the molecule is Cc1ccc(-c2nnn(CCS(=O)c3cc(Cl)ccc3Cl)n2)cc1. The number of hydrogen-bond acceptors (Lipinski definition) is 4. The molecule has 1 aromatic heterocycles. The normalized spacial score (nSPS) is 12.3. The number of halogens is 2. The minimum absolute atomic E-state index is 0.323. The topological polar surface area (TPSA) is 60.7 Å². The van der Waals surface area contributed by atoms with Crippen LogP contribution in [0.15, 0.2) is 47.4 Å². The van der Waals surface area contributed by atoms with Gasteiger partial charge in [0.25, 0.3) is 0 Å². The van der Waals surface area contributed by atoms with Crippen LogP contribution in [0.2, 0.25) is 10.0 Å². The molecule has 1 atom stereocenters. The Morgan fingerprint density at radius 2 is 1.88 bits per heavy atom. The summed E-state index contributed by atoms with van der Waals surface area (Å²) in [6.45, 7) is 2.39. The van der Waals surface area contributed by atoms with Crippen LogP contribution in [0.3, 0.4) is 0 Å². The molecule has 0 aliphatic rings. The van der Waals surface area contributed by atoms with Crippen LogP contribution >= 0.6 is 23.2 Å². The fourth-order valence-electron chi connectivity index (χ4n) is 2.08. The zero-order chi connectivity index (χ0) is 17.1. The number of aryl methyl sites for hydroxylation is 2. The van der Waals surface area contributed by atoms with E-state index in [-0.39, 0.29) is 0 Å². The molecule has 0 aliphatic heterocycles. The number of nitrogens with zero attached hydrogens (tertiary/aromatic N) is 4. The minimum Gasteiger partial charge on any atom is -0.254 e. The Morgan fingerprint density at radius 3 is 2.62 bits per heavy atom. The molecule has 0 radical (unpaired) electrons. The quantitative estimate of drug-likeness (QED) is 0.675. The lowest BCUT2D eigenvalue weighted by molar-refractivity contribution is 0.552. The van der Waals surface area contributed by atoms with Crippen molar-refractivity contribution in [1.29, 1.82) is 0 Å². The summed E-state index contributed by atoms with van der Waals surface area (Å²) >= 11 is 12.0. The molecular formula is C16H14Cl2N4OS. The zero-order valence-corrected chi connectivity index (χ0v) is 15.1. The Kier molecular flexibility index (Phi) is 5.28. The van der Waals surface area contributed by atoms with Crippen molar-refractivity contribution in [1.82, 2.24) is 20.2 Å². The molecule has 24 heavy (non-hydrogen) atoms. The molecule has 3 aromatic rings. The van der Waals surface area contributed by atoms with Gasteiger partial charge in [0, 0.05) is 16.3 Å². The number of benzene rings is 2. The van der Waals surface area contributed by atoms with Crippen molar-refractivity contribution in [3.63, 3.8) is 0 Å². The average molecular weight is 381 g/mol. The van der Waals surface area contributed by atoms with E-state index >= 15 is 0 Å². The van der Waals surface area contributed by atoms with Gasteiger partial charge in [0.15, 0.2) is 0 Å². The second-order valence-electron chi connectivity index (χ2n) is 5.20. The second kappa shape index (κ2) is 7.42. The molecule has 0 aliphatic carbocycles. The molecule has 2 aromatic carbocycles. The van der Waals surface area contributed by atoms with Gasteiger partial charge in [-0.1, -0.05) is 53.0 Å². The highest BCUT2D eigenvalue weighted by atomic mass is 35.5. The van der Waals surface area contributed by atoms with E-state index in [1.807, 2.05) is 31.2 Å². The van der Waals surface area contributed by atoms with E-state index in [2.05, 4.69) is 15.4 Å². The summed E-state index contributed by atoms with van der Waals surface area (Å²) in [5, 5.41) is 13.3. The highest BCUT2D eigenvalue weighted by Crippen LogP contribution is 2.24. The minimum atomic E-state index is -1.29. The van der Waals surface area contributed by atoms with Crippen LogP contribution in [0.1, 0.15) is 5.56 Å². The summed E-state index contributed by atoms with van der Waals surface area (Å²) in [7, 11) is -1.29. The standard InChI is InChI=1S/C16H14Cl2N4OS/c1-11-2-4-12(5-3-11)16-19-21-22(20-16)8-9-24(23)15-10-13(17)6-7-14(15)18/h2-7,10H,8-9H2,1H3.